The van der Waals surface area contributed by atoms with Crippen molar-refractivity contribution in [2.24, 2.45) is 5.73 Å². The topological polar surface area (TPSA) is 66.5 Å². The van der Waals surface area contributed by atoms with Crippen molar-refractivity contribution in [2.75, 3.05) is 6.61 Å². The number of hydrogen-bond acceptors (Lipinski definition) is 3. The molecule has 0 bridgehead atoms. The number of aliphatic hydroxyl groups is 2. The summed E-state index contributed by atoms with van der Waals surface area (Å²) >= 11 is 0. The van der Waals surface area contributed by atoms with E-state index in [4.69, 9.17) is 10.8 Å². The van der Waals surface area contributed by atoms with E-state index < -0.39 is 12.1 Å². The predicted octanol–water partition coefficient (Wildman–Crippen LogP) is 3.37. The highest BCUT2D eigenvalue weighted by Crippen LogP contribution is 2.12. The van der Waals surface area contributed by atoms with E-state index in [9.17, 15) is 5.11 Å². The van der Waals surface area contributed by atoms with Gasteiger partial charge < -0.3 is 15.9 Å². The summed E-state index contributed by atoms with van der Waals surface area (Å²) in [5.74, 6) is 0. The van der Waals surface area contributed by atoms with Gasteiger partial charge in [-0.2, -0.15) is 0 Å². The zero-order valence-electron chi connectivity index (χ0n) is 12.8. The van der Waals surface area contributed by atoms with Crippen molar-refractivity contribution in [3.8, 4) is 0 Å². The first-order valence-corrected chi connectivity index (χ1v) is 8.26. The molecule has 0 aromatic rings. The van der Waals surface area contributed by atoms with E-state index in [0.717, 1.165) is 12.8 Å². The second-order valence-electron chi connectivity index (χ2n) is 5.74. The van der Waals surface area contributed by atoms with Crippen LogP contribution in [0.4, 0.5) is 0 Å². The van der Waals surface area contributed by atoms with E-state index in [0.29, 0.717) is 0 Å². The molecule has 3 heteroatoms. The van der Waals surface area contributed by atoms with Gasteiger partial charge in [0.15, 0.2) is 0 Å². The molecule has 2 atom stereocenters. The Morgan fingerprint density at radius 3 is 1.63 bits per heavy atom. The molecule has 0 aliphatic rings. The lowest BCUT2D eigenvalue weighted by Gasteiger charge is -2.15. The molecule has 116 valence electrons. The molecule has 0 aliphatic heterocycles. The fraction of sp³-hybridized carbons (Fsp3) is 1.00. The van der Waals surface area contributed by atoms with Crippen LogP contribution in [-0.2, 0) is 0 Å². The fourth-order valence-electron chi connectivity index (χ4n) is 2.35. The molecule has 0 amide bonds. The third kappa shape index (κ3) is 12.6. The quantitative estimate of drug-likeness (QED) is 0.425. The molecule has 0 saturated carbocycles. The van der Waals surface area contributed by atoms with Crippen LogP contribution in [-0.4, -0.2) is 29.0 Å². The first-order valence-electron chi connectivity index (χ1n) is 8.26. The van der Waals surface area contributed by atoms with Gasteiger partial charge in [0, 0.05) is 0 Å². The molecule has 0 spiro atoms. The smallest absolute Gasteiger partial charge is 0.0713 e. The molecular weight excluding hydrogens is 238 g/mol. The third-order valence-corrected chi connectivity index (χ3v) is 3.81. The van der Waals surface area contributed by atoms with Crippen molar-refractivity contribution < 1.29 is 10.2 Å². The first kappa shape index (κ1) is 18.9. The van der Waals surface area contributed by atoms with Crippen LogP contribution in [0.15, 0.2) is 0 Å². The van der Waals surface area contributed by atoms with Crippen LogP contribution >= 0.6 is 0 Å². The lowest BCUT2D eigenvalue weighted by atomic mass is 10.0. The number of hydrogen-bond donors (Lipinski definition) is 3. The summed E-state index contributed by atoms with van der Waals surface area (Å²) < 4.78 is 0. The maximum atomic E-state index is 9.58. The van der Waals surface area contributed by atoms with Crippen LogP contribution in [0.3, 0.4) is 0 Å². The number of nitrogens with two attached hydrogens (primary N) is 1. The summed E-state index contributed by atoms with van der Waals surface area (Å²) in [4.78, 5) is 0. The Morgan fingerprint density at radius 1 is 0.789 bits per heavy atom. The highest BCUT2D eigenvalue weighted by molar-refractivity contribution is 4.70. The maximum Gasteiger partial charge on any atom is 0.0713 e. The van der Waals surface area contributed by atoms with E-state index in [1.165, 1.54) is 64.2 Å². The Labute approximate surface area is 119 Å². The van der Waals surface area contributed by atoms with Crippen molar-refractivity contribution >= 4 is 0 Å². The Kier molecular flexibility index (Phi) is 14.2. The Bertz CT molecular complexity index is 176. The minimum Gasteiger partial charge on any atom is -0.395 e. The first-order chi connectivity index (χ1) is 9.22. The van der Waals surface area contributed by atoms with Crippen LogP contribution in [0, 0.1) is 0 Å². The fourth-order valence-corrected chi connectivity index (χ4v) is 2.35. The average molecular weight is 273 g/mol. The van der Waals surface area contributed by atoms with Crippen molar-refractivity contribution in [1.82, 2.24) is 0 Å². The standard InChI is InChI=1S/C16H35NO2/c1-2-3-4-5-6-7-8-9-10-11-12-13-16(19)15(17)14-18/h15-16,18-19H,2-14,17H2,1H3/t15-,16-/m1/s1. The number of unbranched alkanes of at least 4 members (excludes halogenated alkanes) is 10. The zero-order valence-corrected chi connectivity index (χ0v) is 12.8. The molecule has 4 N–H and O–H groups in total. The summed E-state index contributed by atoms with van der Waals surface area (Å²) in [6.07, 6.45) is 14.6. The molecule has 0 radical (unpaired) electrons. The van der Waals surface area contributed by atoms with Gasteiger partial charge in [-0.1, -0.05) is 77.6 Å². The second kappa shape index (κ2) is 14.3. The van der Waals surface area contributed by atoms with E-state index in [1.807, 2.05) is 0 Å². The van der Waals surface area contributed by atoms with Gasteiger partial charge in [0.2, 0.25) is 0 Å². The van der Waals surface area contributed by atoms with Gasteiger partial charge in [-0.25, -0.2) is 0 Å². The molecule has 0 aromatic carbocycles. The van der Waals surface area contributed by atoms with Crippen molar-refractivity contribution in [2.45, 2.75) is 96.1 Å². The van der Waals surface area contributed by atoms with Crippen molar-refractivity contribution in [1.29, 1.82) is 0 Å². The van der Waals surface area contributed by atoms with Crippen LogP contribution in [0.5, 0.6) is 0 Å². The maximum absolute atomic E-state index is 9.58. The van der Waals surface area contributed by atoms with Gasteiger partial charge in [0.05, 0.1) is 18.8 Å². The van der Waals surface area contributed by atoms with Crippen LogP contribution in [0.1, 0.15) is 84.0 Å². The van der Waals surface area contributed by atoms with E-state index in [2.05, 4.69) is 6.92 Å². The van der Waals surface area contributed by atoms with Gasteiger partial charge >= 0.3 is 0 Å². The highest BCUT2D eigenvalue weighted by Gasteiger charge is 2.12. The predicted molar refractivity (Wildman–Crippen MR) is 82.1 cm³/mol. The minimum atomic E-state index is -0.538. The van der Waals surface area contributed by atoms with Crippen LogP contribution in [0.2, 0.25) is 0 Å². The summed E-state index contributed by atoms with van der Waals surface area (Å²) in [7, 11) is 0. The molecule has 0 fully saturated rings. The third-order valence-electron chi connectivity index (χ3n) is 3.81. The summed E-state index contributed by atoms with van der Waals surface area (Å²) in [5.41, 5.74) is 5.55. The SMILES string of the molecule is CCCCCCCCCCCCC[C@@H](O)[C@H](N)CO. The van der Waals surface area contributed by atoms with Gasteiger partial charge in [-0.3, -0.25) is 0 Å². The van der Waals surface area contributed by atoms with E-state index in [1.54, 1.807) is 0 Å². The average Bonchev–Trinajstić information content (AvgIpc) is 2.43. The Hall–Kier alpha value is -0.120. The molecule has 0 aromatic heterocycles. The second-order valence-corrected chi connectivity index (χ2v) is 5.74. The lowest BCUT2D eigenvalue weighted by molar-refractivity contribution is 0.0990. The molecule has 0 unspecified atom stereocenters. The normalized spacial score (nSPS) is 14.5. The van der Waals surface area contributed by atoms with Gasteiger partial charge in [-0.05, 0) is 6.42 Å². The van der Waals surface area contributed by atoms with Gasteiger partial charge in [0.1, 0.15) is 0 Å². The largest absolute Gasteiger partial charge is 0.395 e. The van der Waals surface area contributed by atoms with Gasteiger partial charge in [-0.15, -0.1) is 0 Å². The molecule has 3 nitrogen and oxygen atoms in total. The van der Waals surface area contributed by atoms with Crippen molar-refractivity contribution in [3.05, 3.63) is 0 Å². The molecule has 0 heterocycles. The molecule has 19 heavy (non-hydrogen) atoms. The molecule has 0 aliphatic carbocycles. The van der Waals surface area contributed by atoms with Crippen molar-refractivity contribution in [3.63, 3.8) is 0 Å². The monoisotopic (exact) mass is 273 g/mol. The molecule has 0 rings (SSSR count). The van der Waals surface area contributed by atoms with E-state index in [-0.39, 0.29) is 6.61 Å². The highest BCUT2D eigenvalue weighted by atomic mass is 16.3. The van der Waals surface area contributed by atoms with Crippen LogP contribution in [0.25, 0.3) is 0 Å². The summed E-state index contributed by atoms with van der Waals surface area (Å²) in [6.45, 7) is 2.13. The molecular formula is C16H35NO2. The zero-order chi connectivity index (χ0) is 14.3. The van der Waals surface area contributed by atoms with Gasteiger partial charge in [0.25, 0.3) is 0 Å². The summed E-state index contributed by atoms with van der Waals surface area (Å²) in [5, 5.41) is 18.4. The van der Waals surface area contributed by atoms with Crippen LogP contribution < -0.4 is 5.73 Å². The molecule has 0 saturated heterocycles. The minimum absolute atomic E-state index is 0.126. The summed E-state index contributed by atoms with van der Waals surface area (Å²) in [6, 6.07) is -0.469. The number of aliphatic hydroxyl groups excluding tert-OH is 2. The Morgan fingerprint density at radius 2 is 1.21 bits per heavy atom. The van der Waals surface area contributed by atoms with E-state index >= 15 is 0 Å². The lowest BCUT2D eigenvalue weighted by Crippen LogP contribution is -2.37. The Balaban J connectivity index is 3.10. The number of rotatable bonds is 14.